The fourth-order valence-corrected chi connectivity index (χ4v) is 3.06. The number of nitrogen functional groups attached to an aromatic ring is 1. The summed E-state index contributed by atoms with van der Waals surface area (Å²) in [7, 11) is 0. The van der Waals surface area contributed by atoms with Crippen LogP contribution in [0.2, 0.25) is 0 Å². The second kappa shape index (κ2) is 5.96. The lowest BCUT2D eigenvalue weighted by Crippen LogP contribution is -2.18. The molecule has 0 amide bonds. The average Bonchev–Trinajstić information content (AvgIpc) is 3.00. The summed E-state index contributed by atoms with van der Waals surface area (Å²) in [6.45, 7) is 0.780. The van der Waals surface area contributed by atoms with Crippen molar-refractivity contribution < 1.29 is 4.74 Å². The van der Waals surface area contributed by atoms with E-state index in [0.717, 1.165) is 42.7 Å². The molecule has 1 aliphatic heterocycles. The zero-order chi connectivity index (χ0) is 15.6. The Morgan fingerprint density at radius 3 is 2.83 bits per heavy atom. The molecule has 4 rings (SSSR count). The number of hydrogen-bond donors (Lipinski definition) is 1. The predicted octanol–water partition coefficient (Wildman–Crippen LogP) is 2.70. The predicted molar refractivity (Wildman–Crippen MR) is 87.8 cm³/mol. The van der Waals surface area contributed by atoms with Crippen LogP contribution in [0.1, 0.15) is 36.7 Å². The number of benzene rings is 1. The molecule has 1 fully saturated rings. The van der Waals surface area contributed by atoms with Gasteiger partial charge >= 0.3 is 0 Å². The first-order chi connectivity index (χ1) is 11.3. The van der Waals surface area contributed by atoms with Gasteiger partial charge in [0.25, 0.3) is 0 Å². The second-order valence-corrected chi connectivity index (χ2v) is 5.84. The summed E-state index contributed by atoms with van der Waals surface area (Å²) in [6.07, 6.45) is 5.72. The SMILES string of the molecule is Nc1nc(Cc2ccccc2)c2ncn(C3CCCCO3)c2n1. The van der Waals surface area contributed by atoms with Gasteiger partial charge < -0.3 is 10.5 Å². The highest BCUT2D eigenvalue weighted by atomic mass is 16.5. The fourth-order valence-electron chi connectivity index (χ4n) is 3.06. The topological polar surface area (TPSA) is 78.8 Å². The molecule has 3 heterocycles. The molecule has 1 aliphatic rings. The summed E-state index contributed by atoms with van der Waals surface area (Å²) in [4.78, 5) is 13.3. The molecular formula is C17H19N5O. The van der Waals surface area contributed by atoms with Gasteiger partial charge in [-0.25, -0.2) is 9.97 Å². The molecule has 3 aromatic rings. The lowest BCUT2D eigenvalue weighted by Gasteiger charge is -2.23. The Morgan fingerprint density at radius 2 is 2.04 bits per heavy atom. The molecule has 0 saturated carbocycles. The van der Waals surface area contributed by atoms with Crippen LogP contribution in [0.25, 0.3) is 11.2 Å². The van der Waals surface area contributed by atoms with Crippen LogP contribution in [0.4, 0.5) is 5.95 Å². The van der Waals surface area contributed by atoms with Crippen molar-refractivity contribution in [2.45, 2.75) is 31.9 Å². The van der Waals surface area contributed by atoms with E-state index >= 15 is 0 Å². The number of ether oxygens (including phenoxy) is 1. The van der Waals surface area contributed by atoms with Crippen LogP contribution in [0.15, 0.2) is 36.7 Å². The third-order valence-corrected chi connectivity index (χ3v) is 4.19. The van der Waals surface area contributed by atoms with E-state index in [0.29, 0.717) is 6.42 Å². The van der Waals surface area contributed by atoms with E-state index in [-0.39, 0.29) is 12.2 Å². The van der Waals surface area contributed by atoms with Crippen LogP contribution in [0.3, 0.4) is 0 Å². The average molecular weight is 309 g/mol. The van der Waals surface area contributed by atoms with Crippen molar-refractivity contribution in [1.82, 2.24) is 19.5 Å². The molecule has 6 nitrogen and oxygen atoms in total. The third kappa shape index (κ3) is 2.77. The van der Waals surface area contributed by atoms with E-state index in [1.807, 2.05) is 22.8 Å². The Kier molecular flexibility index (Phi) is 3.67. The van der Waals surface area contributed by atoms with Crippen LogP contribution < -0.4 is 5.73 Å². The van der Waals surface area contributed by atoms with E-state index in [2.05, 4.69) is 27.1 Å². The molecule has 0 spiro atoms. The summed E-state index contributed by atoms with van der Waals surface area (Å²) in [5.41, 5.74) is 9.53. The minimum Gasteiger partial charge on any atom is -0.368 e. The molecule has 1 atom stereocenters. The van der Waals surface area contributed by atoms with Crippen molar-refractivity contribution in [1.29, 1.82) is 0 Å². The van der Waals surface area contributed by atoms with Crippen molar-refractivity contribution >= 4 is 17.1 Å². The van der Waals surface area contributed by atoms with E-state index in [4.69, 9.17) is 10.5 Å². The van der Waals surface area contributed by atoms with Crippen molar-refractivity contribution in [2.75, 3.05) is 12.3 Å². The van der Waals surface area contributed by atoms with Crippen LogP contribution >= 0.6 is 0 Å². The van der Waals surface area contributed by atoms with Crippen molar-refractivity contribution in [3.63, 3.8) is 0 Å². The first kappa shape index (κ1) is 14.1. The number of aromatic nitrogens is 4. The molecule has 0 bridgehead atoms. The standard InChI is InChI=1S/C17H19N5O/c18-17-20-13(10-12-6-2-1-3-7-12)15-16(21-17)22(11-19-15)14-8-4-5-9-23-14/h1-3,6-7,11,14H,4-5,8-10H2,(H2,18,20,21). The van der Waals surface area contributed by atoms with Gasteiger partial charge in [-0.3, -0.25) is 4.57 Å². The van der Waals surface area contributed by atoms with Gasteiger partial charge in [0.05, 0.1) is 12.0 Å². The molecule has 1 saturated heterocycles. The number of rotatable bonds is 3. The molecule has 2 N–H and O–H groups in total. The van der Waals surface area contributed by atoms with Gasteiger partial charge in [-0.15, -0.1) is 0 Å². The summed E-state index contributed by atoms with van der Waals surface area (Å²) in [5.74, 6) is 0.279. The molecule has 118 valence electrons. The molecule has 23 heavy (non-hydrogen) atoms. The minimum absolute atomic E-state index is 0.00683. The third-order valence-electron chi connectivity index (χ3n) is 4.19. The number of nitrogens with zero attached hydrogens (tertiary/aromatic N) is 4. The Morgan fingerprint density at radius 1 is 1.17 bits per heavy atom. The maximum Gasteiger partial charge on any atom is 0.222 e. The first-order valence-electron chi connectivity index (χ1n) is 7.96. The molecule has 0 radical (unpaired) electrons. The minimum atomic E-state index is -0.00683. The maximum atomic E-state index is 5.93. The van der Waals surface area contributed by atoms with Crippen LogP contribution in [0, 0.1) is 0 Å². The normalized spacial score (nSPS) is 18.3. The quantitative estimate of drug-likeness (QED) is 0.804. The molecule has 2 aromatic heterocycles. The van der Waals surface area contributed by atoms with Crippen LogP contribution in [-0.4, -0.2) is 26.1 Å². The molecule has 6 heteroatoms. The fraction of sp³-hybridized carbons (Fsp3) is 0.353. The smallest absolute Gasteiger partial charge is 0.222 e. The van der Waals surface area contributed by atoms with Crippen LogP contribution in [0.5, 0.6) is 0 Å². The Hall–Kier alpha value is -2.47. The summed E-state index contributed by atoms with van der Waals surface area (Å²) in [6, 6.07) is 10.2. The second-order valence-electron chi connectivity index (χ2n) is 5.84. The molecular weight excluding hydrogens is 290 g/mol. The first-order valence-corrected chi connectivity index (χ1v) is 7.96. The lowest BCUT2D eigenvalue weighted by atomic mass is 10.1. The highest BCUT2D eigenvalue weighted by Gasteiger charge is 2.20. The van der Waals surface area contributed by atoms with Crippen molar-refractivity contribution in [3.8, 4) is 0 Å². The van der Waals surface area contributed by atoms with Crippen molar-refractivity contribution in [3.05, 3.63) is 47.9 Å². The number of anilines is 1. The lowest BCUT2D eigenvalue weighted by molar-refractivity contribution is -0.0298. The highest BCUT2D eigenvalue weighted by Crippen LogP contribution is 2.27. The number of fused-ring (bicyclic) bond motifs is 1. The zero-order valence-electron chi connectivity index (χ0n) is 12.9. The summed E-state index contributed by atoms with van der Waals surface area (Å²) < 4.78 is 7.84. The largest absolute Gasteiger partial charge is 0.368 e. The van der Waals surface area contributed by atoms with E-state index in [9.17, 15) is 0 Å². The van der Waals surface area contributed by atoms with Gasteiger partial charge in [-0.2, -0.15) is 4.98 Å². The zero-order valence-corrected chi connectivity index (χ0v) is 12.9. The van der Waals surface area contributed by atoms with E-state index < -0.39 is 0 Å². The van der Waals surface area contributed by atoms with Gasteiger partial charge in [0.1, 0.15) is 11.7 Å². The Bertz CT molecular complexity index is 808. The van der Waals surface area contributed by atoms with E-state index in [1.54, 1.807) is 6.33 Å². The molecule has 1 unspecified atom stereocenters. The molecule has 0 aliphatic carbocycles. The summed E-state index contributed by atoms with van der Waals surface area (Å²) >= 11 is 0. The van der Waals surface area contributed by atoms with Crippen molar-refractivity contribution in [2.24, 2.45) is 0 Å². The van der Waals surface area contributed by atoms with Gasteiger partial charge in [-0.05, 0) is 24.8 Å². The van der Waals surface area contributed by atoms with Crippen LogP contribution in [-0.2, 0) is 11.2 Å². The number of hydrogen-bond acceptors (Lipinski definition) is 5. The molecule has 1 aromatic carbocycles. The van der Waals surface area contributed by atoms with Gasteiger partial charge in [0.15, 0.2) is 5.65 Å². The Balaban J connectivity index is 1.75. The monoisotopic (exact) mass is 309 g/mol. The van der Waals surface area contributed by atoms with E-state index in [1.165, 1.54) is 5.56 Å². The Labute approximate surface area is 134 Å². The highest BCUT2D eigenvalue weighted by molar-refractivity contribution is 5.75. The van der Waals surface area contributed by atoms with Gasteiger partial charge in [0.2, 0.25) is 5.95 Å². The number of nitrogens with two attached hydrogens (primary N) is 1. The van der Waals surface area contributed by atoms with Gasteiger partial charge in [-0.1, -0.05) is 30.3 Å². The van der Waals surface area contributed by atoms with Gasteiger partial charge in [0, 0.05) is 13.0 Å². The summed E-state index contributed by atoms with van der Waals surface area (Å²) in [5, 5.41) is 0. The maximum absolute atomic E-state index is 5.93. The number of imidazole rings is 1.